The van der Waals surface area contributed by atoms with E-state index in [-0.39, 0.29) is 7.43 Å². The van der Waals surface area contributed by atoms with E-state index < -0.39 is 0 Å². The van der Waals surface area contributed by atoms with Crippen LogP contribution >= 0.6 is 0 Å². The Bertz CT molecular complexity index is 628. The number of hydrogen-bond donors (Lipinski definition) is 0. The minimum absolute atomic E-state index is 0. The van der Waals surface area contributed by atoms with E-state index in [0.717, 1.165) is 6.42 Å². The highest BCUT2D eigenvalue weighted by Gasteiger charge is 2.00. The van der Waals surface area contributed by atoms with Crippen LogP contribution in [0, 0.1) is 0 Å². The van der Waals surface area contributed by atoms with Gasteiger partial charge in [0, 0.05) is 0 Å². The molecule has 2 aromatic rings. The summed E-state index contributed by atoms with van der Waals surface area (Å²) in [5, 5.41) is 0. The van der Waals surface area contributed by atoms with Crippen molar-refractivity contribution >= 4 is 11.6 Å². The maximum absolute atomic E-state index is 2.20. The van der Waals surface area contributed by atoms with E-state index in [0.29, 0.717) is 0 Å². The van der Waals surface area contributed by atoms with E-state index in [4.69, 9.17) is 0 Å². The molecule has 0 amide bonds. The van der Waals surface area contributed by atoms with Crippen LogP contribution in [-0.2, 0) is 0 Å². The van der Waals surface area contributed by atoms with Crippen molar-refractivity contribution in [3.05, 3.63) is 95.6 Å². The molecule has 0 radical (unpaired) electrons. The first kappa shape index (κ1) is 17.7. The van der Waals surface area contributed by atoms with E-state index in [1.54, 1.807) is 0 Å². The van der Waals surface area contributed by atoms with Gasteiger partial charge < -0.3 is 0 Å². The molecular formula is C22H26. The van der Waals surface area contributed by atoms with Gasteiger partial charge in [-0.3, -0.25) is 0 Å². The van der Waals surface area contributed by atoms with Gasteiger partial charge in [-0.15, -0.1) is 0 Å². The zero-order valence-electron chi connectivity index (χ0n) is 12.8. The first-order valence-electron chi connectivity index (χ1n) is 7.39. The second-order valence-corrected chi connectivity index (χ2v) is 5.14. The topological polar surface area (TPSA) is 0 Å². The molecule has 0 heteroatoms. The van der Waals surface area contributed by atoms with Crippen molar-refractivity contribution in [3.8, 4) is 0 Å². The second kappa shape index (κ2) is 9.57. The van der Waals surface area contributed by atoms with Gasteiger partial charge in [-0.1, -0.05) is 98.0 Å². The standard InChI is InChI=1S/C21H22.CH4/c1-3-20(21-15-8-5-9-16-21)17-18(2)11-10-14-19-12-6-4-7-13-19;/h3-16H,17H2,1-2H3;1H4/b14-10+,18-11?,20-3+;. The average molecular weight is 290 g/mol. The van der Waals surface area contributed by atoms with E-state index in [9.17, 15) is 0 Å². The number of hydrogen-bond acceptors (Lipinski definition) is 0. The van der Waals surface area contributed by atoms with Crippen LogP contribution in [0.3, 0.4) is 0 Å². The summed E-state index contributed by atoms with van der Waals surface area (Å²) in [6, 6.07) is 21.0. The molecule has 0 unspecified atom stereocenters. The minimum Gasteiger partial charge on any atom is -0.0835 e. The predicted octanol–water partition coefficient (Wildman–Crippen LogP) is 6.78. The SMILES string of the molecule is C.C/C=C(\CC(C)=C/C=C/c1ccccc1)c1ccccc1. The Morgan fingerprint density at radius 1 is 0.909 bits per heavy atom. The third-order valence-electron chi connectivity index (χ3n) is 3.43. The van der Waals surface area contributed by atoms with Gasteiger partial charge >= 0.3 is 0 Å². The van der Waals surface area contributed by atoms with Crippen molar-refractivity contribution in [2.75, 3.05) is 0 Å². The Morgan fingerprint density at radius 2 is 1.50 bits per heavy atom. The van der Waals surface area contributed by atoms with Gasteiger partial charge in [0.1, 0.15) is 0 Å². The zero-order valence-corrected chi connectivity index (χ0v) is 12.8. The van der Waals surface area contributed by atoms with E-state index in [1.165, 1.54) is 22.3 Å². The summed E-state index contributed by atoms with van der Waals surface area (Å²) in [6.45, 7) is 4.29. The van der Waals surface area contributed by atoms with E-state index in [1.807, 2.05) is 6.07 Å². The summed E-state index contributed by atoms with van der Waals surface area (Å²) in [7, 11) is 0. The van der Waals surface area contributed by atoms with Crippen molar-refractivity contribution in [2.45, 2.75) is 27.7 Å². The second-order valence-electron chi connectivity index (χ2n) is 5.14. The Balaban J connectivity index is 0.00000242. The van der Waals surface area contributed by atoms with Crippen LogP contribution < -0.4 is 0 Å². The molecule has 0 bridgehead atoms. The minimum atomic E-state index is 0. The zero-order chi connectivity index (χ0) is 14.9. The molecule has 0 aliphatic heterocycles. The largest absolute Gasteiger partial charge is 0.0835 e. The molecular weight excluding hydrogens is 264 g/mol. The molecule has 22 heavy (non-hydrogen) atoms. The monoisotopic (exact) mass is 290 g/mol. The lowest BCUT2D eigenvalue weighted by Gasteiger charge is -2.07. The molecule has 0 aliphatic rings. The fraction of sp³-hybridized carbons (Fsp3) is 0.182. The van der Waals surface area contributed by atoms with Crippen molar-refractivity contribution in [3.63, 3.8) is 0 Å². The lowest BCUT2D eigenvalue weighted by Crippen LogP contribution is -1.85. The molecule has 2 rings (SSSR count). The molecule has 2 aromatic carbocycles. The maximum atomic E-state index is 2.20. The third kappa shape index (κ3) is 5.57. The fourth-order valence-corrected chi connectivity index (χ4v) is 2.27. The highest BCUT2D eigenvalue weighted by atomic mass is 14.0. The molecule has 0 heterocycles. The van der Waals surface area contributed by atoms with Crippen LogP contribution in [0.25, 0.3) is 11.6 Å². The quantitative estimate of drug-likeness (QED) is 0.533. The molecule has 114 valence electrons. The third-order valence-corrected chi connectivity index (χ3v) is 3.43. The summed E-state index contributed by atoms with van der Waals surface area (Å²) in [5.74, 6) is 0. The average Bonchev–Trinajstić information content (AvgIpc) is 2.54. The van der Waals surface area contributed by atoms with Crippen molar-refractivity contribution in [2.24, 2.45) is 0 Å². The van der Waals surface area contributed by atoms with Crippen LogP contribution in [0.4, 0.5) is 0 Å². The summed E-state index contributed by atoms with van der Waals surface area (Å²) >= 11 is 0. The van der Waals surface area contributed by atoms with Gasteiger partial charge in [-0.05, 0) is 37.0 Å². The molecule has 0 aromatic heterocycles. The smallest absolute Gasteiger partial charge is 0.00641 e. The van der Waals surface area contributed by atoms with Gasteiger partial charge in [0.05, 0.1) is 0 Å². The van der Waals surface area contributed by atoms with Crippen LogP contribution in [0.1, 0.15) is 38.8 Å². The number of allylic oxidation sites excluding steroid dienone is 5. The number of benzene rings is 2. The van der Waals surface area contributed by atoms with Crippen molar-refractivity contribution in [1.82, 2.24) is 0 Å². The van der Waals surface area contributed by atoms with Crippen molar-refractivity contribution < 1.29 is 0 Å². The van der Waals surface area contributed by atoms with Gasteiger partial charge in [-0.2, -0.15) is 0 Å². The fourth-order valence-electron chi connectivity index (χ4n) is 2.27. The van der Waals surface area contributed by atoms with Crippen LogP contribution in [0.2, 0.25) is 0 Å². The molecule has 0 saturated heterocycles. The molecule has 0 nitrogen and oxygen atoms in total. The summed E-state index contributed by atoms with van der Waals surface area (Å²) in [6.07, 6.45) is 9.65. The van der Waals surface area contributed by atoms with E-state index in [2.05, 4.69) is 92.7 Å². The van der Waals surface area contributed by atoms with Gasteiger partial charge in [0.2, 0.25) is 0 Å². The lowest BCUT2D eigenvalue weighted by molar-refractivity contribution is 1.22. The Labute approximate surface area is 135 Å². The molecule has 0 atom stereocenters. The summed E-state index contributed by atoms with van der Waals surface area (Å²) in [5.41, 5.74) is 5.27. The Kier molecular flexibility index (Phi) is 7.70. The highest BCUT2D eigenvalue weighted by Crippen LogP contribution is 2.22. The van der Waals surface area contributed by atoms with Gasteiger partial charge in [-0.25, -0.2) is 0 Å². The van der Waals surface area contributed by atoms with E-state index >= 15 is 0 Å². The molecule has 0 spiro atoms. The first-order valence-corrected chi connectivity index (χ1v) is 7.39. The van der Waals surface area contributed by atoms with Crippen LogP contribution in [0.15, 0.2) is 84.5 Å². The first-order chi connectivity index (χ1) is 10.3. The molecule has 0 N–H and O–H groups in total. The molecule has 0 saturated carbocycles. The summed E-state index contributed by atoms with van der Waals surface area (Å²) < 4.78 is 0. The lowest BCUT2D eigenvalue weighted by atomic mass is 9.98. The van der Waals surface area contributed by atoms with Crippen molar-refractivity contribution in [1.29, 1.82) is 0 Å². The Morgan fingerprint density at radius 3 is 2.09 bits per heavy atom. The maximum Gasteiger partial charge on any atom is -0.00641 e. The highest BCUT2D eigenvalue weighted by molar-refractivity contribution is 5.67. The van der Waals surface area contributed by atoms with Gasteiger partial charge in [0.15, 0.2) is 0 Å². The normalized spacial score (nSPS) is 12.3. The predicted molar refractivity (Wildman–Crippen MR) is 101 cm³/mol. The Hall–Kier alpha value is -2.34. The summed E-state index contributed by atoms with van der Waals surface area (Å²) in [4.78, 5) is 0. The van der Waals surface area contributed by atoms with Crippen LogP contribution in [-0.4, -0.2) is 0 Å². The molecule has 0 aliphatic carbocycles. The van der Waals surface area contributed by atoms with Gasteiger partial charge in [0.25, 0.3) is 0 Å². The molecule has 0 fully saturated rings. The van der Waals surface area contributed by atoms with Crippen LogP contribution in [0.5, 0.6) is 0 Å². The number of rotatable bonds is 5.